The Bertz CT molecular complexity index is 340. The molecule has 0 saturated carbocycles. The molecule has 116 valence electrons. The van der Waals surface area contributed by atoms with Gasteiger partial charge in [-0.1, -0.05) is 13.8 Å². The molecule has 0 spiro atoms. The SMILES string of the molecule is CC(C)(CO)[C@@H](O)C(=O)NCC(=O)NCC1CCCO1. The molecule has 0 aromatic heterocycles. The van der Waals surface area contributed by atoms with Crippen molar-refractivity contribution in [3.63, 3.8) is 0 Å². The second-order valence-corrected chi connectivity index (χ2v) is 5.71. The summed E-state index contributed by atoms with van der Waals surface area (Å²) in [5.74, 6) is -1.00. The summed E-state index contributed by atoms with van der Waals surface area (Å²) in [6.45, 7) is 3.75. The van der Waals surface area contributed by atoms with Gasteiger partial charge in [-0.15, -0.1) is 0 Å². The monoisotopic (exact) mass is 288 g/mol. The lowest BCUT2D eigenvalue weighted by molar-refractivity contribution is -0.138. The number of hydrogen-bond donors (Lipinski definition) is 4. The average molecular weight is 288 g/mol. The number of carbonyl (C=O) groups is 2. The maximum absolute atomic E-state index is 11.6. The van der Waals surface area contributed by atoms with Gasteiger partial charge in [-0.25, -0.2) is 0 Å². The summed E-state index contributed by atoms with van der Waals surface area (Å²) in [5, 5.41) is 23.8. The molecular weight excluding hydrogens is 264 g/mol. The van der Waals surface area contributed by atoms with Crippen molar-refractivity contribution in [2.24, 2.45) is 5.41 Å². The number of nitrogens with one attached hydrogen (secondary N) is 2. The van der Waals surface area contributed by atoms with E-state index in [1.54, 1.807) is 13.8 Å². The van der Waals surface area contributed by atoms with Crippen LogP contribution in [-0.2, 0) is 14.3 Å². The van der Waals surface area contributed by atoms with E-state index in [-0.39, 0.29) is 25.2 Å². The van der Waals surface area contributed by atoms with Crippen LogP contribution in [0.15, 0.2) is 0 Å². The zero-order valence-corrected chi connectivity index (χ0v) is 12.0. The van der Waals surface area contributed by atoms with Crippen molar-refractivity contribution in [2.45, 2.75) is 38.9 Å². The lowest BCUT2D eigenvalue weighted by Crippen LogP contribution is -2.48. The van der Waals surface area contributed by atoms with E-state index >= 15 is 0 Å². The van der Waals surface area contributed by atoms with Crippen LogP contribution in [0.4, 0.5) is 0 Å². The molecule has 0 aromatic rings. The molecule has 4 N–H and O–H groups in total. The normalized spacial score (nSPS) is 20.5. The van der Waals surface area contributed by atoms with Crippen LogP contribution >= 0.6 is 0 Å². The first-order valence-electron chi connectivity index (χ1n) is 6.82. The van der Waals surface area contributed by atoms with Crippen LogP contribution < -0.4 is 10.6 Å². The Morgan fingerprint density at radius 3 is 2.65 bits per heavy atom. The lowest BCUT2D eigenvalue weighted by atomic mass is 9.87. The molecule has 1 aliphatic rings. The predicted molar refractivity (Wildman–Crippen MR) is 71.9 cm³/mol. The van der Waals surface area contributed by atoms with Crippen molar-refractivity contribution in [1.29, 1.82) is 0 Å². The van der Waals surface area contributed by atoms with Gasteiger partial charge in [0.2, 0.25) is 11.8 Å². The van der Waals surface area contributed by atoms with E-state index in [0.29, 0.717) is 6.54 Å². The summed E-state index contributed by atoms with van der Waals surface area (Å²) in [7, 11) is 0. The summed E-state index contributed by atoms with van der Waals surface area (Å²) < 4.78 is 5.36. The second kappa shape index (κ2) is 7.56. The minimum absolute atomic E-state index is 0.0496. The van der Waals surface area contributed by atoms with Gasteiger partial charge in [-0.2, -0.15) is 0 Å². The van der Waals surface area contributed by atoms with E-state index in [2.05, 4.69) is 10.6 Å². The fourth-order valence-corrected chi connectivity index (χ4v) is 1.80. The van der Waals surface area contributed by atoms with Crippen LogP contribution in [0.2, 0.25) is 0 Å². The highest BCUT2D eigenvalue weighted by Crippen LogP contribution is 2.19. The average Bonchev–Trinajstić information content (AvgIpc) is 2.94. The number of ether oxygens (including phenoxy) is 1. The molecule has 20 heavy (non-hydrogen) atoms. The summed E-state index contributed by atoms with van der Waals surface area (Å²) in [6, 6.07) is 0. The van der Waals surface area contributed by atoms with Gasteiger partial charge in [0.25, 0.3) is 0 Å². The topological polar surface area (TPSA) is 108 Å². The summed E-state index contributed by atoms with van der Waals surface area (Å²) in [6.07, 6.45) is 0.613. The molecule has 7 nitrogen and oxygen atoms in total. The van der Waals surface area contributed by atoms with E-state index in [1.165, 1.54) is 0 Å². The zero-order valence-electron chi connectivity index (χ0n) is 12.0. The summed E-state index contributed by atoms with van der Waals surface area (Å²) in [5.41, 5.74) is -0.946. The van der Waals surface area contributed by atoms with Gasteiger partial charge in [0.05, 0.1) is 19.3 Å². The van der Waals surface area contributed by atoms with Gasteiger partial charge < -0.3 is 25.6 Å². The van der Waals surface area contributed by atoms with Gasteiger partial charge >= 0.3 is 0 Å². The van der Waals surface area contributed by atoms with Crippen LogP contribution in [0.5, 0.6) is 0 Å². The van der Waals surface area contributed by atoms with Crippen LogP contribution in [-0.4, -0.2) is 60.5 Å². The Kier molecular flexibility index (Phi) is 6.38. The van der Waals surface area contributed by atoms with E-state index in [1.807, 2.05) is 0 Å². The fraction of sp³-hybridized carbons (Fsp3) is 0.846. The largest absolute Gasteiger partial charge is 0.396 e. The highest BCUT2D eigenvalue weighted by molar-refractivity contribution is 5.87. The van der Waals surface area contributed by atoms with Gasteiger partial charge in [0.1, 0.15) is 6.10 Å². The molecule has 7 heteroatoms. The van der Waals surface area contributed by atoms with E-state index < -0.39 is 17.4 Å². The smallest absolute Gasteiger partial charge is 0.249 e. The Morgan fingerprint density at radius 1 is 1.40 bits per heavy atom. The highest BCUT2D eigenvalue weighted by atomic mass is 16.5. The van der Waals surface area contributed by atoms with E-state index in [4.69, 9.17) is 9.84 Å². The maximum Gasteiger partial charge on any atom is 0.249 e. The Labute approximate surface area is 118 Å². The molecule has 1 fully saturated rings. The minimum atomic E-state index is -1.36. The molecule has 1 unspecified atom stereocenters. The number of carbonyl (C=O) groups excluding carboxylic acids is 2. The molecular formula is C13H24N2O5. The summed E-state index contributed by atoms with van der Waals surface area (Å²) >= 11 is 0. The van der Waals surface area contributed by atoms with Crippen molar-refractivity contribution in [3.05, 3.63) is 0 Å². The second-order valence-electron chi connectivity index (χ2n) is 5.71. The van der Waals surface area contributed by atoms with E-state index in [9.17, 15) is 14.7 Å². The molecule has 2 atom stereocenters. The van der Waals surface area contributed by atoms with Gasteiger partial charge in [0.15, 0.2) is 0 Å². The fourth-order valence-electron chi connectivity index (χ4n) is 1.80. The van der Waals surface area contributed by atoms with Crippen molar-refractivity contribution in [2.75, 3.05) is 26.3 Å². The molecule has 0 radical (unpaired) electrons. The first-order valence-corrected chi connectivity index (χ1v) is 6.82. The number of aliphatic hydroxyl groups is 2. The zero-order chi connectivity index (χ0) is 15.2. The molecule has 1 heterocycles. The molecule has 0 aromatic carbocycles. The Hall–Kier alpha value is -1.18. The molecule has 0 aliphatic carbocycles. The number of amides is 2. The molecule has 1 saturated heterocycles. The Morgan fingerprint density at radius 2 is 2.10 bits per heavy atom. The van der Waals surface area contributed by atoms with Gasteiger partial charge in [0, 0.05) is 18.6 Å². The van der Waals surface area contributed by atoms with Crippen molar-refractivity contribution in [1.82, 2.24) is 10.6 Å². The van der Waals surface area contributed by atoms with Gasteiger partial charge in [-0.05, 0) is 12.8 Å². The van der Waals surface area contributed by atoms with E-state index in [0.717, 1.165) is 19.4 Å². The first-order chi connectivity index (χ1) is 9.36. The van der Waals surface area contributed by atoms with Crippen LogP contribution in [0, 0.1) is 5.41 Å². The van der Waals surface area contributed by atoms with Crippen LogP contribution in [0.3, 0.4) is 0 Å². The standard InChI is InChI=1S/C13H24N2O5/c1-13(2,8-16)11(18)12(19)15-7-10(17)14-6-9-4-3-5-20-9/h9,11,16,18H,3-8H2,1-2H3,(H,14,17)(H,15,19)/t9?,11-/m0/s1. The van der Waals surface area contributed by atoms with Crippen molar-refractivity contribution in [3.8, 4) is 0 Å². The molecule has 0 bridgehead atoms. The molecule has 1 rings (SSSR count). The minimum Gasteiger partial charge on any atom is -0.396 e. The third-order valence-corrected chi connectivity index (χ3v) is 3.37. The van der Waals surface area contributed by atoms with Crippen molar-refractivity contribution < 1.29 is 24.5 Å². The van der Waals surface area contributed by atoms with Crippen LogP contribution in [0.25, 0.3) is 0 Å². The quantitative estimate of drug-likeness (QED) is 0.469. The first kappa shape index (κ1) is 16.9. The molecule has 1 aliphatic heterocycles. The van der Waals surface area contributed by atoms with Crippen LogP contribution in [0.1, 0.15) is 26.7 Å². The third-order valence-electron chi connectivity index (χ3n) is 3.37. The number of rotatable bonds is 7. The highest BCUT2D eigenvalue weighted by Gasteiger charge is 2.33. The third kappa shape index (κ3) is 5.07. The maximum atomic E-state index is 11.6. The number of aliphatic hydroxyl groups excluding tert-OH is 2. The Balaban J connectivity index is 2.24. The lowest BCUT2D eigenvalue weighted by Gasteiger charge is -2.27. The predicted octanol–water partition coefficient (Wildman–Crippen LogP) is -1.22. The van der Waals surface area contributed by atoms with Crippen molar-refractivity contribution >= 4 is 11.8 Å². The van der Waals surface area contributed by atoms with Gasteiger partial charge in [-0.3, -0.25) is 9.59 Å². The molecule has 2 amide bonds. The number of hydrogen-bond acceptors (Lipinski definition) is 5. The summed E-state index contributed by atoms with van der Waals surface area (Å²) in [4.78, 5) is 23.2.